The number of anilines is 1. The van der Waals surface area contributed by atoms with Crippen LogP contribution in [0.25, 0.3) is 0 Å². The minimum atomic E-state index is -0.521. The van der Waals surface area contributed by atoms with E-state index in [9.17, 15) is 10.1 Å². The molecule has 0 bridgehead atoms. The molecule has 0 saturated carbocycles. The molecule has 0 fully saturated rings. The number of esters is 1. The number of nitriles is 1. The zero-order chi connectivity index (χ0) is 18.7. The number of nitrogens with zero attached hydrogens (tertiary/aromatic N) is 1. The molecule has 2 unspecified atom stereocenters. The van der Waals surface area contributed by atoms with Crippen molar-refractivity contribution in [1.29, 1.82) is 5.26 Å². The lowest BCUT2D eigenvalue weighted by Gasteiger charge is -2.31. The van der Waals surface area contributed by atoms with Crippen LogP contribution < -0.4 is 5.32 Å². The van der Waals surface area contributed by atoms with Gasteiger partial charge in [-0.05, 0) is 61.9 Å². The van der Waals surface area contributed by atoms with Crippen molar-refractivity contribution in [3.63, 3.8) is 0 Å². The van der Waals surface area contributed by atoms with Gasteiger partial charge >= 0.3 is 5.97 Å². The van der Waals surface area contributed by atoms with Crippen molar-refractivity contribution in [3.8, 4) is 6.07 Å². The largest absolute Gasteiger partial charge is 0.466 e. The SMILES string of the molecule is CCOC(=O)CC1(C)Nc2ccc(C#N)cc2C1Sc1ccc(Cl)cc1. The summed E-state index contributed by atoms with van der Waals surface area (Å²) < 4.78 is 5.17. The van der Waals surface area contributed by atoms with Crippen LogP contribution in [0.3, 0.4) is 0 Å². The molecule has 26 heavy (non-hydrogen) atoms. The Labute approximate surface area is 162 Å². The third-order valence-corrected chi connectivity index (χ3v) is 6.15. The summed E-state index contributed by atoms with van der Waals surface area (Å²) in [6, 6.07) is 15.4. The summed E-state index contributed by atoms with van der Waals surface area (Å²) >= 11 is 7.64. The van der Waals surface area contributed by atoms with Crippen LogP contribution in [0, 0.1) is 11.3 Å². The van der Waals surface area contributed by atoms with Gasteiger partial charge in [0, 0.05) is 15.6 Å². The quantitative estimate of drug-likeness (QED) is 0.717. The molecule has 1 aliphatic heterocycles. The Balaban J connectivity index is 1.97. The topological polar surface area (TPSA) is 62.1 Å². The van der Waals surface area contributed by atoms with Crippen LogP contribution in [0.1, 0.15) is 36.6 Å². The van der Waals surface area contributed by atoms with E-state index >= 15 is 0 Å². The van der Waals surface area contributed by atoms with Crippen LogP contribution in [0.15, 0.2) is 47.4 Å². The van der Waals surface area contributed by atoms with Gasteiger partial charge in [0.2, 0.25) is 0 Å². The third-order valence-electron chi connectivity index (χ3n) is 4.35. The van der Waals surface area contributed by atoms with Crippen LogP contribution in [0.4, 0.5) is 5.69 Å². The highest BCUT2D eigenvalue weighted by molar-refractivity contribution is 7.99. The number of hydrogen-bond acceptors (Lipinski definition) is 5. The lowest BCUT2D eigenvalue weighted by molar-refractivity contribution is -0.144. The Morgan fingerprint density at radius 3 is 2.73 bits per heavy atom. The Bertz CT molecular complexity index is 863. The minimum absolute atomic E-state index is 0.0450. The van der Waals surface area contributed by atoms with Crippen molar-refractivity contribution in [1.82, 2.24) is 0 Å². The van der Waals surface area contributed by atoms with E-state index in [0.717, 1.165) is 16.1 Å². The van der Waals surface area contributed by atoms with Crippen molar-refractivity contribution in [2.75, 3.05) is 11.9 Å². The first-order valence-corrected chi connectivity index (χ1v) is 9.61. The number of hydrogen-bond donors (Lipinski definition) is 1. The van der Waals surface area contributed by atoms with Crippen LogP contribution in [-0.2, 0) is 9.53 Å². The first-order chi connectivity index (χ1) is 12.4. The van der Waals surface area contributed by atoms with Gasteiger partial charge in [-0.3, -0.25) is 4.79 Å². The number of ether oxygens (including phenoxy) is 1. The second-order valence-electron chi connectivity index (χ2n) is 6.39. The van der Waals surface area contributed by atoms with E-state index in [1.165, 1.54) is 0 Å². The maximum absolute atomic E-state index is 12.2. The molecule has 2 aromatic carbocycles. The fraction of sp³-hybridized carbons (Fsp3) is 0.300. The van der Waals surface area contributed by atoms with E-state index in [1.54, 1.807) is 24.8 Å². The first-order valence-electron chi connectivity index (χ1n) is 8.35. The molecule has 3 rings (SSSR count). The smallest absolute Gasteiger partial charge is 0.308 e. The molecule has 2 aromatic rings. The molecular weight excluding hydrogens is 368 g/mol. The summed E-state index contributed by atoms with van der Waals surface area (Å²) in [7, 11) is 0. The fourth-order valence-corrected chi connectivity index (χ4v) is 4.59. The standard InChI is InChI=1S/C20H19ClN2O2S/c1-3-25-18(24)11-20(2)19(26-15-7-5-14(21)6-8-15)16-10-13(12-22)4-9-17(16)23-20/h4-10,19,23H,3,11H2,1-2H3. The summed E-state index contributed by atoms with van der Waals surface area (Å²) in [5.41, 5.74) is 2.05. The number of nitrogens with one attached hydrogen (secondary N) is 1. The number of benzene rings is 2. The van der Waals surface area contributed by atoms with E-state index < -0.39 is 5.54 Å². The summed E-state index contributed by atoms with van der Waals surface area (Å²) in [5, 5.41) is 13.4. The third kappa shape index (κ3) is 3.82. The molecule has 1 aliphatic rings. The van der Waals surface area contributed by atoms with Gasteiger partial charge in [0.1, 0.15) is 0 Å². The molecule has 0 aromatic heterocycles. The predicted octanol–water partition coefficient (Wildman–Crippen LogP) is 5.18. The number of rotatable bonds is 5. The molecular formula is C20H19ClN2O2S. The molecule has 1 N–H and O–H groups in total. The minimum Gasteiger partial charge on any atom is -0.466 e. The van der Waals surface area contributed by atoms with Gasteiger partial charge in [0.15, 0.2) is 0 Å². The van der Waals surface area contributed by atoms with Gasteiger partial charge in [0.05, 0.1) is 35.4 Å². The second-order valence-corrected chi connectivity index (χ2v) is 8.00. The second kappa shape index (κ2) is 7.61. The van der Waals surface area contributed by atoms with Crippen molar-refractivity contribution < 1.29 is 9.53 Å². The Kier molecular flexibility index (Phi) is 5.45. The van der Waals surface area contributed by atoms with Crippen LogP contribution in [0.5, 0.6) is 0 Å². The van der Waals surface area contributed by atoms with Crippen molar-refractivity contribution in [2.45, 2.75) is 36.0 Å². The molecule has 0 radical (unpaired) electrons. The predicted molar refractivity (Wildman–Crippen MR) is 104 cm³/mol. The van der Waals surface area contributed by atoms with E-state index in [2.05, 4.69) is 11.4 Å². The molecule has 4 nitrogen and oxygen atoms in total. The molecule has 0 amide bonds. The zero-order valence-corrected chi connectivity index (χ0v) is 16.2. The molecule has 0 spiro atoms. The van der Waals surface area contributed by atoms with Gasteiger partial charge < -0.3 is 10.1 Å². The van der Waals surface area contributed by atoms with Gasteiger partial charge in [-0.15, -0.1) is 11.8 Å². The normalized spacial score (nSPS) is 20.8. The Morgan fingerprint density at radius 2 is 2.08 bits per heavy atom. The van der Waals surface area contributed by atoms with Crippen molar-refractivity contribution in [2.24, 2.45) is 0 Å². The molecule has 134 valence electrons. The van der Waals surface area contributed by atoms with E-state index in [1.807, 2.05) is 43.3 Å². The molecule has 1 heterocycles. The summed E-state index contributed by atoms with van der Waals surface area (Å²) in [6.45, 7) is 4.18. The van der Waals surface area contributed by atoms with E-state index in [4.69, 9.17) is 16.3 Å². The lowest BCUT2D eigenvalue weighted by atomic mass is 9.92. The van der Waals surface area contributed by atoms with Gasteiger partial charge in [-0.25, -0.2) is 0 Å². The number of halogens is 1. The lowest BCUT2D eigenvalue weighted by Crippen LogP contribution is -2.38. The zero-order valence-electron chi connectivity index (χ0n) is 14.6. The van der Waals surface area contributed by atoms with Gasteiger partial charge in [-0.1, -0.05) is 11.6 Å². The number of fused-ring (bicyclic) bond motifs is 1. The monoisotopic (exact) mass is 386 g/mol. The highest BCUT2D eigenvalue weighted by Gasteiger charge is 2.44. The number of carbonyl (C=O) groups excluding carboxylic acids is 1. The fourth-order valence-electron chi connectivity index (χ4n) is 3.17. The van der Waals surface area contributed by atoms with E-state index in [-0.39, 0.29) is 17.6 Å². The average Bonchev–Trinajstić information content (AvgIpc) is 2.87. The Hall–Kier alpha value is -2.16. The van der Waals surface area contributed by atoms with Gasteiger partial charge in [-0.2, -0.15) is 5.26 Å². The summed E-state index contributed by atoms with van der Waals surface area (Å²) in [6.07, 6.45) is 0.239. The molecule has 0 aliphatic carbocycles. The molecule has 6 heteroatoms. The highest BCUT2D eigenvalue weighted by atomic mass is 35.5. The van der Waals surface area contributed by atoms with Crippen LogP contribution in [-0.4, -0.2) is 18.1 Å². The van der Waals surface area contributed by atoms with Crippen LogP contribution in [0.2, 0.25) is 5.02 Å². The summed E-state index contributed by atoms with van der Waals surface area (Å²) in [4.78, 5) is 13.2. The van der Waals surface area contributed by atoms with Gasteiger partial charge in [0.25, 0.3) is 0 Å². The van der Waals surface area contributed by atoms with Crippen molar-refractivity contribution in [3.05, 3.63) is 58.6 Å². The van der Waals surface area contributed by atoms with E-state index in [0.29, 0.717) is 17.2 Å². The molecule has 0 saturated heterocycles. The maximum Gasteiger partial charge on any atom is 0.308 e. The van der Waals surface area contributed by atoms with Crippen molar-refractivity contribution >= 4 is 35.0 Å². The highest BCUT2D eigenvalue weighted by Crippen LogP contribution is 2.53. The number of carbonyl (C=O) groups is 1. The van der Waals surface area contributed by atoms with Crippen LogP contribution >= 0.6 is 23.4 Å². The number of thioether (sulfide) groups is 1. The summed E-state index contributed by atoms with van der Waals surface area (Å²) in [5.74, 6) is -0.238. The molecule has 2 atom stereocenters. The maximum atomic E-state index is 12.2. The average molecular weight is 387 g/mol. The first kappa shape index (κ1) is 18.6. The Morgan fingerprint density at radius 1 is 1.35 bits per heavy atom.